The lowest BCUT2D eigenvalue weighted by Crippen LogP contribution is -2.48. The zero-order chi connectivity index (χ0) is 14.9. The van der Waals surface area contributed by atoms with Crippen molar-refractivity contribution in [2.45, 2.75) is 24.0 Å². The maximum atomic E-state index is 11.5. The van der Waals surface area contributed by atoms with Gasteiger partial charge in [-0.2, -0.15) is 0 Å². The smallest absolute Gasteiger partial charge is 0.240 e. The summed E-state index contributed by atoms with van der Waals surface area (Å²) in [6.07, 6.45) is -0.408. The largest absolute Gasteiger partial charge is 0.396 e. The van der Waals surface area contributed by atoms with Gasteiger partial charge in [-0.25, -0.2) is 13.6 Å². The third kappa shape index (κ3) is 3.04. The Morgan fingerprint density at radius 1 is 1.45 bits per heavy atom. The minimum atomic E-state index is -3.86. The molecule has 2 atom stereocenters. The van der Waals surface area contributed by atoms with Crippen LogP contribution in [-0.2, 0) is 14.8 Å². The van der Waals surface area contributed by atoms with Crippen LogP contribution >= 0.6 is 0 Å². The average Bonchev–Trinajstić information content (AvgIpc) is 2.36. The highest BCUT2D eigenvalue weighted by molar-refractivity contribution is 7.89. The number of nitrogen functional groups attached to an aromatic ring is 1. The summed E-state index contributed by atoms with van der Waals surface area (Å²) in [5.41, 5.74) is 6.64. The standard InChI is InChI=1S/C12H19N3O4S/c1-8-5-15(6-9(7-16)19-8)10-3-2-4-11(12(10)13)20(14,17)18/h2-4,8-9,16H,5-7,13H2,1H3,(H2,14,17,18). The van der Waals surface area contributed by atoms with Gasteiger partial charge in [0.25, 0.3) is 0 Å². The molecule has 0 saturated carbocycles. The van der Waals surface area contributed by atoms with E-state index >= 15 is 0 Å². The lowest BCUT2D eigenvalue weighted by molar-refractivity contribution is -0.0420. The van der Waals surface area contributed by atoms with Gasteiger partial charge in [0, 0.05) is 13.1 Å². The normalized spacial score (nSPS) is 23.9. The van der Waals surface area contributed by atoms with Crippen molar-refractivity contribution < 1.29 is 18.3 Å². The topological polar surface area (TPSA) is 119 Å². The Balaban J connectivity index is 2.38. The Bertz CT molecular complexity index is 590. The summed E-state index contributed by atoms with van der Waals surface area (Å²) in [7, 11) is -3.86. The fourth-order valence-electron chi connectivity index (χ4n) is 2.40. The summed E-state index contributed by atoms with van der Waals surface area (Å²) >= 11 is 0. The van der Waals surface area contributed by atoms with Gasteiger partial charge in [0.15, 0.2) is 0 Å². The molecule has 1 fully saturated rings. The summed E-state index contributed by atoms with van der Waals surface area (Å²) in [4.78, 5) is 1.81. The number of primary sulfonamides is 1. The lowest BCUT2D eigenvalue weighted by atomic mass is 10.1. The number of hydrogen-bond acceptors (Lipinski definition) is 6. The molecule has 0 amide bonds. The van der Waals surface area contributed by atoms with Crippen molar-refractivity contribution in [3.63, 3.8) is 0 Å². The molecule has 5 N–H and O–H groups in total. The summed E-state index contributed by atoms with van der Waals surface area (Å²) < 4.78 is 28.5. The molecule has 112 valence electrons. The van der Waals surface area contributed by atoms with Crippen molar-refractivity contribution in [1.29, 1.82) is 0 Å². The molecule has 1 saturated heterocycles. The van der Waals surface area contributed by atoms with E-state index in [1.165, 1.54) is 6.07 Å². The summed E-state index contributed by atoms with van der Waals surface area (Å²) in [5, 5.41) is 14.4. The highest BCUT2D eigenvalue weighted by Crippen LogP contribution is 2.31. The third-order valence-electron chi connectivity index (χ3n) is 3.22. The number of nitrogens with two attached hydrogens (primary N) is 2. The van der Waals surface area contributed by atoms with Crippen LogP contribution in [0.3, 0.4) is 0 Å². The molecule has 1 aliphatic heterocycles. The van der Waals surface area contributed by atoms with E-state index in [1.54, 1.807) is 12.1 Å². The van der Waals surface area contributed by atoms with E-state index < -0.39 is 10.0 Å². The SMILES string of the molecule is CC1CN(c2cccc(S(N)(=O)=O)c2N)CC(CO)O1. The number of nitrogens with zero attached hydrogens (tertiary/aromatic N) is 1. The van der Waals surface area contributed by atoms with E-state index in [0.29, 0.717) is 18.8 Å². The number of aliphatic hydroxyl groups excluding tert-OH is 1. The van der Waals surface area contributed by atoms with E-state index in [1.807, 2.05) is 11.8 Å². The van der Waals surface area contributed by atoms with Crippen molar-refractivity contribution in [2.24, 2.45) is 5.14 Å². The van der Waals surface area contributed by atoms with Gasteiger partial charge in [-0.1, -0.05) is 6.07 Å². The molecule has 8 heteroatoms. The van der Waals surface area contributed by atoms with Gasteiger partial charge in [-0.15, -0.1) is 0 Å². The average molecular weight is 301 g/mol. The first-order valence-corrected chi connectivity index (χ1v) is 7.80. The second-order valence-corrected chi connectivity index (χ2v) is 6.42. The van der Waals surface area contributed by atoms with Crippen LogP contribution in [0.5, 0.6) is 0 Å². The van der Waals surface area contributed by atoms with Crippen LogP contribution < -0.4 is 15.8 Å². The molecule has 20 heavy (non-hydrogen) atoms. The van der Waals surface area contributed by atoms with Gasteiger partial charge in [0.2, 0.25) is 10.0 Å². The van der Waals surface area contributed by atoms with Gasteiger partial charge in [0.05, 0.1) is 30.2 Å². The molecule has 0 spiro atoms. The number of rotatable bonds is 3. The molecule has 7 nitrogen and oxygen atoms in total. The van der Waals surface area contributed by atoms with Crippen molar-refractivity contribution >= 4 is 21.4 Å². The molecule has 0 bridgehead atoms. The molecule has 2 rings (SSSR count). The number of aliphatic hydroxyl groups is 1. The Labute approximate surface area is 118 Å². The first-order valence-electron chi connectivity index (χ1n) is 6.25. The van der Waals surface area contributed by atoms with Gasteiger partial charge < -0.3 is 20.5 Å². The highest BCUT2D eigenvalue weighted by atomic mass is 32.2. The molecular weight excluding hydrogens is 282 g/mol. The Morgan fingerprint density at radius 3 is 2.75 bits per heavy atom. The van der Waals surface area contributed by atoms with Crippen LogP contribution in [-0.4, -0.2) is 45.4 Å². The van der Waals surface area contributed by atoms with Crippen LogP contribution in [0.25, 0.3) is 0 Å². The Kier molecular flexibility index (Phi) is 4.19. The van der Waals surface area contributed by atoms with Gasteiger partial charge in [-0.3, -0.25) is 0 Å². The van der Waals surface area contributed by atoms with E-state index in [9.17, 15) is 13.5 Å². The van der Waals surface area contributed by atoms with Gasteiger partial charge in [0.1, 0.15) is 4.90 Å². The molecular formula is C12H19N3O4S. The van der Waals surface area contributed by atoms with E-state index in [0.717, 1.165) is 0 Å². The van der Waals surface area contributed by atoms with Crippen molar-refractivity contribution in [2.75, 3.05) is 30.3 Å². The van der Waals surface area contributed by atoms with Crippen LogP contribution in [0, 0.1) is 0 Å². The predicted molar refractivity (Wildman–Crippen MR) is 75.9 cm³/mol. The van der Waals surface area contributed by atoms with Crippen molar-refractivity contribution in [3.8, 4) is 0 Å². The lowest BCUT2D eigenvalue weighted by Gasteiger charge is -2.38. The molecule has 1 aromatic rings. The monoisotopic (exact) mass is 301 g/mol. The fraction of sp³-hybridized carbons (Fsp3) is 0.500. The number of sulfonamides is 1. The van der Waals surface area contributed by atoms with E-state index in [-0.39, 0.29) is 29.4 Å². The molecule has 1 aliphatic rings. The van der Waals surface area contributed by atoms with Crippen LogP contribution in [0.15, 0.2) is 23.1 Å². The molecule has 2 unspecified atom stereocenters. The first kappa shape index (κ1) is 15.0. The number of morpholine rings is 1. The molecule has 0 aliphatic carbocycles. The minimum absolute atomic E-state index is 0.0848. The molecule has 1 aromatic carbocycles. The van der Waals surface area contributed by atoms with Crippen molar-refractivity contribution in [3.05, 3.63) is 18.2 Å². The Hall–Kier alpha value is -1.35. The summed E-state index contributed by atoms with van der Waals surface area (Å²) in [5.74, 6) is 0. The summed E-state index contributed by atoms with van der Waals surface area (Å²) in [6.45, 7) is 2.79. The second kappa shape index (κ2) is 5.57. The minimum Gasteiger partial charge on any atom is -0.396 e. The van der Waals surface area contributed by atoms with Crippen LogP contribution in [0.1, 0.15) is 6.92 Å². The Morgan fingerprint density at radius 2 is 2.15 bits per heavy atom. The fourth-order valence-corrected chi connectivity index (χ4v) is 3.08. The van der Waals surface area contributed by atoms with E-state index in [2.05, 4.69) is 0 Å². The molecule has 0 aromatic heterocycles. The van der Waals surface area contributed by atoms with Crippen LogP contribution in [0.4, 0.5) is 11.4 Å². The number of anilines is 2. The third-order valence-corrected chi connectivity index (χ3v) is 4.19. The summed E-state index contributed by atoms with van der Waals surface area (Å²) in [6, 6.07) is 4.71. The van der Waals surface area contributed by atoms with Gasteiger partial charge >= 0.3 is 0 Å². The highest BCUT2D eigenvalue weighted by Gasteiger charge is 2.27. The van der Waals surface area contributed by atoms with E-state index in [4.69, 9.17) is 15.6 Å². The number of ether oxygens (including phenoxy) is 1. The number of benzene rings is 1. The van der Waals surface area contributed by atoms with Gasteiger partial charge in [-0.05, 0) is 19.1 Å². The zero-order valence-corrected chi connectivity index (χ0v) is 12.0. The maximum absolute atomic E-state index is 11.5. The maximum Gasteiger partial charge on any atom is 0.240 e. The van der Waals surface area contributed by atoms with Crippen LogP contribution in [0.2, 0.25) is 0 Å². The van der Waals surface area contributed by atoms with Crippen molar-refractivity contribution in [1.82, 2.24) is 0 Å². The number of hydrogen-bond donors (Lipinski definition) is 3. The quantitative estimate of drug-likeness (QED) is 0.648. The molecule has 0 radical (unpaired) electrons. The first-order chi connectivity index (χ1) is 9.32. The predicted octanol–water partition coefficient (Wildman–Crippen LogP) is -0.498. The molecule has 1 heterocycles. The number of para-hydroxylation sites is 1. The zero-order valence-electron chi connectivity index (χ0n) is 11.2. The second-order valence-electron chi connectivity index (χ2n) is 4.89.